The molecule has 0 saturated heterocycles. The Balaban J connectivity index is 1.28. The van der Waals surface area contributed by atoms with Crippen molar-refractivity contribution in [1.82, 2.24) is 5.32 Å². The fourth-order valence-corrected chi connectivity index (χ4v) is 6.31. The normalized spacial score (nSPS) is 11.9. The number of fused-ring (bicyclic) bond motifs is 1. The molecule has 11 heteroatoms. The van der Waals surface area contributed by atoms with Crippen molar-refractivity contribution >= 4 is 57.7 Å². The molecule has 6 rings (SSSR count). The molecule has 6 aromatic carbocycles. The van der Waals surface area contributed by atoms with Crippen LogP contribution in [0.15, 0.2) is 144 Å². The van der Waals surface area contributed by atoms with Crippen LogP contribution in [0.1, 0.15) is 26.7 Å². The van der Waals surface area contributed by atoms with E-state index < -0.39 is 51.9 Å². The first-order valence-electron chi connectivity index (χ1n) is 15.5. The average molecular weight is 706 g/mol. The van der Waals surface area contributed by atoms with Crippen LogP contribution in [0.5, 0.6) is 0 Å². The van der Waals surface area contributed by atoms with E-state index in [0.29, 0.717) is 27.3 Å². The number of rotatable bonds is 10. The molecule has 0 aliphatic carbocycles. The smallest absolute Gasteiger partial charge is 0.272 e. The summed E-state index contributed by atoms with van der Waals surface area (Å²) in [7, 11) is 0. The van der Waals surface area contributed by atoms with E-state index in [4.69, 9.17) is 0 Å². The van der Waals surface area contributed by atoms with Gasteiger partial charge in [0, 0.05) is 22.2 Å². The molecule has 0 fully saturated rings. The minimum atomic E-state index is -1.74. The predicted octanol–water partition coefficient (Wildman–Crippen LogP) is 9.28. The van der Waals surface area contributed by atoms with E-state index in [9.17, 15) is 31.9 Å². The minimum Gasteiger partial charge on any atom is -0.321 e. The summed E-state index contributed by atoms with van der Waals surface area (Å²) in [5.74, 6) is -8.88. The summed E-state index contributed by atoms with van der Waals surface area (Å²) in [5, 5.41) is 8.19. The van der Waals surface area contributed by atoms with Gasteiger partial charge in [-0.05, 0) is 58.3 Å². The highest BCUT2D eigenvalue weighted by Crippen LogP contribution is 2.38. The van der Waals surface area contributed by atoms with E-state index in [0.717, 1.165) is 22.5 Å². The molecule has 0 aliphatic heterocycles. The maximum absolute atomic E-state index is 14.5. The van der Waals surface area contributed by atoms with Crippen molar-refractivity contribution in [3.8, 4) is 0 Å². The minimum absolute atomic E-state index is 0.0359. The van der Waals surface area contributed by atoms with E-state index in [1.54, 1.807) is 91.0 Å². The molecule has 6 nitrogen and oxygen atoms in total. The van der Waals surface area contributed by atoms with Gasteiger partial charge in [-0.25, -0.2) is 17.6 Å². The van der Waals surface area contributed by atoms with Crippen molar-refractivity contribution in [3.05, 3.63) is 179 Å². The van der Waals surface area contributed by atoms with Crippen LogP contribution in [-0.4, -0.2) is 17.7 Å². The lowest BCUT2D eigenvalue weighted by molar-refractivity contribution is -0.116. The van der Waals surface area contributed by atoms with Crippen molar-refractivity contribution in [2.24, 2.45) is 0 Å². The number of nitrogens with one attached hydrogen (secondary N) is 3. The maximum atomic E-state index is 14.5. The number of anilines is 2. The van der Waals surface area contributed by atoms with Gasteiger partial charge in [0.25, 0.3) is 11.8 Å². The Morgan fingerprint density at radius 1 is 0.647 bits per heavy atom. The van der Waals surface area contributed by atoms with Gasteiger partial charge in [0.2, 0.25) is 5.91 Å². The Kier molecular flexibility index (Phi) is 10.6. The Bertz CT molecular complexity index is 2250. The molecule has 0 radical (unpaired) electrons. The predicted molar refractivity (Wildman–Crippen MR) is 191 cm³/mol. The number of halogens is 4. The van der Waals surface area contributed by atoms with E-state index in [2.05, 4.69) is 10.6 Å². The molecule has 254 valence electrons. The van der Waals surface area contributed by atoms with Crippen LogP contribution in [0.4, 0.5) is 28.9 Å². The third-order valence-electron chi connectivity index (χ3n) is 7.70. The van der Waals surface area contributed by atoms with Gasteiger partial charge in [0.05, 0.1) is 0 Å². The zero-order valence-electron chi connectivity index (χ0n) is 26.5. The summed E-state index contributed by atoms with van der Waals surface area (Å²) in [6.45, 7) is 0. The summed E-state index contributed by atoms with van der Waals surface area (Å²) in [5.41, 5.74) is 0.488. The van der Waals surface area contributed by atoms with E-state index in [-0.39, 0.29) is 11.8 Å². The molecule has 0 spiro atoms. The molecular formula is C40H27F4N3O3S. The van der Waals surface area contributed by atoms with Crippen LogP contribution in [0, 0.1) is 23.3 Å². The van der Waals surface area contributed by atoms with E-state index >= 15 is 0 Å². The van der Waals surface area contributed by atoms with Gasteiger partial charge in [0.15, 0.2) is 23.3 Å². The number of hydrogen-bond acceptors (Lipinski definition) is 4. The average Bonchev–Trinajstić information content (AvgIpc) is 3.15. The van der Waals surface area contributed by atoms with Gasteiger partial charge in [-0.1, -0.05) is 97.1 Å². The Morgan fingerprint density at radius 2 is 1.27 bits per heavy atom. The van der Waals surface area contributed by atoms with Crippen LogP contribution >= 0.6 is 11.8 Å². The van der Waals surface area contributed by atoms with Gasteiger partial charge in [-0.3, -0.25) is 14.4 Å². The molecule has 0 aromatic heterocycles. The first kappa shape index (κ1) is 34.7. The zero-order valence-corrected chi connectivity index (χ0v) is 27.3. The number of thioether (sulfide) groups is 1. The van der Waals surface area contributed by atoms with Crippen molar-refractivity contribution in [2.75, 3.05) is 10.6 Å². The molecule has 1 unspecified atom stereocenters. The van der Waals surface area contributed by atoms with Gasteiger partial charge < -0.3 is 16.0 Å². The summed E-state index contributed by atoms with van der Waals surface area (Å²) in [6, 6.07) is 36.4. The molecular weight excluding hydrogens is 679 g/mol. The fraction of sp³-hybridized carbons (Fsp3) is 0.0250. The van der Waals surface area contributed by atoms with Crippen molar-refractivity contribution in [1.29, 1.82) is 0 Å². The van der Waals surface area contributed by atoms with Crippen molar-refractivity contribution < 1.29 is 31.9 Å². The summed E-state index contributed by atoms with van der Waals surface area (Å²) in [4.78, 5) is 40.9. The molecule has 0 saturated carbocycles. The monoisotopic (exact) mass is 705 g/mol. The van der Waals surface area contributed by atoms with Crippen LogP contribution in [-0.2, 0) is 9.59 Å². The summed E-state index contributed by atoms with van der Waals surface area (Å²) >= 11 is 0.971. The molecule has 3 N–H and O–H groups in total. The molecule has 6 aromatic rings. The lowest BCUT2D eigenvalue weighted by Gasteiger charge is -2.18. The highest BCUT2D eigenvalue weighted by atomic mass is 32.2. The Labute approximate surface area is 294 Å². The third kappa shape index (κ3) is 8.17. The van der Waals surface area contributed by atoms with E-state index in [1.165, 1.54) is 0 Å². The maximum Gasteiger partial charge on any atom is 0.272 e. The largest absolute Gasteiger partial charge is 0.321 e. The SMILES string of the molecule is O=C(Nc1cccc(SC(C(=O)Nc2c(F)c(F)cc(F)c2F)c2ccccc2)c1)/C(=C\c1cccc2ccccc12)NC(=O)c1ccccc1. The Morgan fingerprint density at radius 3 is 2.00 bits per heavy atom. The second kappa shape index (κ2) is 15.6. The number of benzene rings is 6. The second-order valence-corrected chi connectivity index (χ2v) is 12.3. The topological polar surface area (TPSA) is 87.3 Å². The number of hydrogen-bond donors (Lipinski definition) is 3. The molecule has 0 heterocycles. The first-order chi connectivity index (χ1) is 24.7. The number of carbonyl (C=O) groups excluding carboxylic acids is 3. The zero-order chi connectivity index (χ0) is 35.9. The fourth-order valence-electron chi connectivity index (χ4n) is 5.23. The molecule has 1 atom stereocenters. The van der Waals surface area contributed by atoms with Crippen molar-refractivity contribution in [3.63, 3.8) is 0 Å². The van der Waals surface area contributed by atoms with E-state index in [1.807, 2.05) is 47.8 Å². The van der Waals surface area contributed by atoms with Crippen molar-refractivity contribution in [2.45, 2.75) is 10.1 Å². The van der Waals surface area contributed by atoms with Crippen LogP contribution in [0.3, 0.4) is 0 Å². The van der Waals surface area contributed by atoms with Gasteiger partial charge in [0.1, 0.15) is 16.6 Å². The van der Waals surface area contributed by atoms with Gasteiger partial charge in [-0.2, -0.15) is 0 Å². The van der Waals surface area contributed by atoms with Gasteiger partial charge >= 0.3 is 0 Å². The molecule has 51 heavy (non-hydrogen) atoms. The summed E-state index contributed by atoms with van der Waals surface area (Å²) < 4.78 is 56.7. The highest BCUT2D eigenvalue weighted by molar-refractivity contribution is 8.00. The molecule has 0 bridgehead atoms. The van der Waals surface area contributed by atoms with Gasteiger partial charge in [-0.15, -0.1) is 11.8 Å². The number of amides is 3. The lowest BCUT2D eigenvalue weighted by Crippen LogP contribution is -2.30. The summed E-state index contributed by atoms with van der Waals surface area (Å²) in [6.07, 6.45) is 1.58. The first-order valence-corrected chi connectivity index (χ1v) is 16.4. The van der Waals surface area contributed by atoms with Crippen LogP contribution in [0.25, 0.3) is 16.8 Å². The second-order valence-electron chi connectivity index (χ2n) is 11.2. The highest BCUT2D eigenvalue weighted by Gasteiger charge is 2.27. The quantitative estimate of drug-likeness (QED) is 0.0574. The third-order valence-corrected chi connectivity index (χ3v) is 8.95. The van der Waals surface area contributed by atoms with Crippen LogP contribution in [0.2, 0.25) is 0 Å². The Hall–Kier alpha value is -6.20. The number of carbonyl (C=O) groups is 3. The molecule has 3 amide bonds. The standard InChI is InChI=1S/C40H27F4N3O3S/c41-31-23-32(42)35(44)36(34(31)43)47-40(50)37(25-12-3-1-4-13-25)51-29-19-10-18-28(22-29)45-39(49)33(46-38(48)26-14-5-2-6-15-26)21-27-17-9-16-24-11-7-8-20-30(24)27/h1-23,37H,(H,45,49)(H,46,48)(H,47,50)/b33-21+. The van der Waals surface area contributed by atoms with Crippen LogP contribution < -0.4 is 16.0 Å². The lowest BCUT2D eigenvalue weighted by atomic mass is 10.0. The molecule has 0 aliphatic rings.